The lowest BCUT2D eigenvalue weighted by atomic mass is 10.1. The predicted molar refractivity (Wildman–Crippen MR) is 111 cm³/mol. The van der Waals surface area contributed by atoms with Crippen LogP contribution in [-0.4, -0.2) is 37.4 Å². The molecule has 4 aromatic rings. The van der Waals surface area contributed by atoms with Crippen molar-refractivity contribution >= 4 is 49.3 Å². The molecule has 0 spiro atoms. The number of nitrogens with one attached hydrogen (secondary N) is 2. The summed E-state index contributed by atoms with van der Waals surface area (Å²) in [5.41, 5.74) is 1.28. The number of rotatable bonds is 4. The number of nitrogens with zero attached hydrogens (tertiary/aromatic N) is 1. The van der Waals surface area contributed by atoms with Crippen molar-refractivity contribution in [1.82, 2.24) is 9.97 Å². The molecule has 0 radical (unpaired) electrons. The zero-order valence-electron chi connectivity index (χ0n) is 15.7. The van der Waals surface area contributed by atoms with Crippen LogP contribution in [0, 0.1) is 0 Å². The summed E-state index contributed by atoms with van der Waals surface area (Å²) in [6.45, 7) is 0. The third-order valence-electron chi connectivity index (χ3n) is 4.62. The molecule has 152 valence electrons. The minimum Gasteiger partial charge on any atom is -0.465 e. The van der Waals surface area contributed by atoms with Crippen LogP contribution in [0.15, 0.2) is 59.8 Å². The maximum absolute atomic E-state index is 12.9. The Morgan fingerprint density at radius 2 is 1.90 bits per heavy atom. The SMILES string of the molecule is COC(=O)c1cc(NC(=O)c2nccc3c(S(N)(=O)=O)cccc23)cc2[nH]ccc12. The number of pyridine rings is 1. The van der Waals surface area contributed by atoms with Gasteiger partial charge in [-0.3, -0.25) is 9.78 Å². The molecule has 4 rings (SSSR count). The van der Waals surface area contributed by atoms with E-state index in [1.165, 1.54) is 37.6 Å². The number of benzene rings is 2. The van der Waals surface area contributed by atoms with Gasteiger partial charge in [0.25, 0.3) is 5.91 Å². The monoisotopic (exact) mass is 424 g/mol. The highest BCUT2D eigenvalue weighted by molar-refractivity contribution is 7.89. The van der Waals surface area contributed by atoms with Crippen LogP contribution < -0.4 is 10.5 Å². The van der Waals surface area contributed by atoms with E-state index >= 15 is 0 Å². The number of sulfonamides is 1. The van der Waals surface area contributed by atoms with Crippen LogP contribution in [0.2, 0.25) is 0 Å². The van der Waals surface area contributed by atoms with E-state index in [4.69, 9.17) is 9.88 Å². The molecular formula is C20H16N4O5S. The van der Waals surface area contributed by atoms with Gasteiger partial charge in [-0.25, -0.2) is 18.4 Å². The fraction of sp³-hybridized carbons (Fsp3) is 0.0500. The molecule has 0 atom stereocenters. The van der Waals surface area contributed by atoms with Gasteiger partial charge in [0.2, 0.25) is 10.0 Å². The molecule has 0 aliphatic carbocycles. The van der Waals surface area contributed by atoms with Gasteiger partial charge in [-0.2, -0.15) is 0 Å². The Bertz CT molecular complexity index is 1430. The Balaban J connectivity index is 1.78. The van der Waals surface area contributed by atoms with Crippen LogP contribution in [0.5, 0.6) is 0 Å². The van der Waals surface area contributed by atoms with Crippen molar-refractivity contribution in [3.8, 4) is 0 Å². The van der Waals surface area contributed by atoms with E-state index in [0.29, 0.717) is 22.0 Å². The number of fused-ring (bicyclic) bond motifs is 2. The predicted octanol–water partition coefficient (Wildman–Crippen LogP) is 2.40. The number of methoxy groups -OCH3 is 1. The molecule has 2 aromatic carbocycles. The Morgan fingerprint density at radius 3 is 2.63 bits per heavy atom. The second kappa shape index (κ2) is 7.25. The molecule has 4 N–H and O–H groups in total. The average molecular weight is 424 g/mol. The highest BCUT2D eigenvalue weighted by Gasteiger charge is 2.19. The first-order chi connectivity index (χ1) is 14.3. The number of primary sulfonamides is 1. The van der Waals surface area contributed by atoms with Gasteiger partial charge in [-0.15, -0.1) is 0 Å². The van der Waals surface area contributed by atoms with Crippen molar-refractivity contribution in [3.05, 3.63) is 66.1 Å². The molecule has 9 nitrogen and oxygen atoms in total. The number of carbonyl (C=O) groups excluding carboxylic acids is 2. The Kier molecular flexibility index (Phi) is 4.72. The van der Waals surface area contributed by atoms with E-state index < -0.39 is 21.9 Å². The van der Waals surface area contributed by atoms with E-state index in [2.05, 4.69) is 15.3 Å². The Morgan fingerprint density at radius 1 is 1.10 bits per heavy atom. The van der Waals surface area contributed by atoms with E-state index in [9.17, 15) is 18.0 Å². The zero-order valence-corrected chi connectivity index (χ0v) is 16.5. The summed E-state index contributed by atoms with van der Waals surface area (Å²) >= 11 is 0. The van der Waals surface area contributed by atoms with Crippen LogP contribution in [0.4, 0.5) is 5.69 Å². The number of hydrogen-bond donors (Lipinski definition) is 3. The number of nitrogens with two attached hydrogens (primary N) is 1. The van der Waals surface area contributed by atoms with Gasteiger partial charge in [-0.1, -0.05) is 12.1 Å². The van der Waals surface area contributed by atoms with Gasteiger partial charge in [-0.05, 0) is 30.3 Å². The number of esters is 1. The second-order valence-electron chi connectivity index (χ2n) is 6.46. The van der Waals surface area contributed by atoms with Crippen LogP contribution in [0.1, 0.15) is 20.8 Å². The minimum absolute atomic E-state index is 0.0178. The van der Waals surface area contributed by atoms with Gasteiger partial charge >= 0.3 is 5.97 Å². The topological polar surface area (TPSA) is 144 Å². The van der Waals surface area contributed by atoms with Gasteiger partial charge in [0.1, 0.15) is 5.69 Å². The van der Waals surface area contributed by atoms with Gasteiger partial charge in [0.05, 0.1) is 17.6 Å². The van der Waals surface area contributed by atoms with E-state index in [1.807, 2.05) is 0 Å². The maximum atomic E-state index is 12.9. The third-order valence-corrected chi connectivity index (χ3v) is 5.59. The lowest BCUT2D eigenvalue weighted by Crippen LogP contribution is -2.16. The lowest BCUT2D eigenvalue weighted by Gasteiger charge is -2.11. The third kappa shape index (κ3) is 3.38. The largest absolute Gasteiger partial charge is 0.465 e. The maximum Gasteiger partial charge on any atom is 0.338 e. The summed E-state index contributed by atoms with van der Waals surface area (Å²) in [7, 11) is -2.71. The normalized spacial score (nSPS) is 11.5. The Hall–Kier alpha value is -3.76. The second-order valence-corrected chi connectivity index (χ2v) is 7.99. The summed E-state index contributed by atoms with van der Waals surface area (Å²) in [6.07, 6.45) is 3.00. The molecule has 0 saturated heterocycles. The quantitative estimate of drug-likeness (QED) is 0.429. The summed E-state index contributed by atoms with van der Waals surface area (Å²) < 4.78 is 28.5. The first kappa shape index (κ1) is 19.6. The number of carbonyl (C=O) groups is 2. The van der Waals surface area contributed by atoms with Crippen LogP contribution in [-0.2, 0) is 14.8 Å². The van der Waals surface area contributed by atoms with Crippen molar-refractivity contribution < 1.29 is 22.7 Å². The van der Waals surface area contributed by atoms with Crippen molar-refractivity contribution in [1.29, 1.82) is 0 Å². The highest BCUT2D eigenvalue weighted by atomic mass is 32.2. The average Bonchev–Trinajstić information content (AvgIpc) is 3.19. The summed E-state index contributed by atoms with van der Waals surface area (Å²) in [5.74, 6) is -1.12. The highest BCUT2D eigenvalue weighted by Crippen LogP contribution is 2.27. The van der Waals surface area contributed by atoms with Crippen molar-refractivity contribution in [2.75, 3.05) is 12.4 Å². The first-order valence-corrected chi connectivity index (χ1v) is 10.3. The minimum atomic E-state index is -3.98. The number of H-pyrrole nitrogens is 1. The van der Waals surface area contributed by atoms with Gasteiger partial charge in [0.15, 0.2) is 0 Å². The molecule has 0 aliphatic heterocycles. The summed E-state index contributed by atoms with van der Waals surface area (Å²) in [5, 5.41) is 9.25. The number of hydrogen-bond acceptors (Lipinski definition) is 6. The van der Waals surface area contributed by atoms with Crippen molar-refractivity contribution in [2.45, 2.75) is 4.90 Å². The van der Waals surface area contributed by atoms with Crippen LogP contribution >= 0.6 is 0 Å². The number of anilines is 1. The molecule has 1 amide bonds. The molecular weight excluding hydrogens is 408 g/mol. The van der Waals surface area contributed by atoms with Crippen molar-refractivity contribution in [2.24, 2.45) is 5.14 Å². The molecule has 30 heavy (non-hydrogen) atoms. The zero-order chi connectivity index (χ0) is 21.5. The van der Waals surface area contributed by atoms with Gasteiger partial charge in [0, 0.05) is 39.8 Å². The molecule has 0 saturated carbocycles. The number of amides is 1. The smallest absolute Gasteiger partial charge is 0.338 e. The van der Waals surface area contributed by atoms with Crippen LogP contribution in [0.3, 0.4) is 0 Å². The number of ether oxygens (including phenoxy) is 1. The molecule has 2 heterocycles. The number of aromatic nitrogens is 2. The molecule has 0 aliphatic rings. The van der Waals surface area contributed by atoms with E-state index in [0.717, 1.165) is 0 Å². The van der Waals surface area contributed by atoms with Gasteiger partial charge < -0.3 is 15.0 Å². The lowest BCUT2D eigenvalue weighted by molar-refractivity contribution is 0.0602. The Labute approximate surface area is 170 Å². The summed E-state index contributed by atoms with van der Waals surface area (Å²) in [6, 6.07) is 10.8. The molecule has 0 fully saturated rings. The molecule has 0 bridgehead atoms. The van der Waals surface area contributed by atoms with Crippen LogP contribution in [0.25, 0.3) is 21.7 Å². The molecule has 2 aromatic heterocycles. The van der Waals surface area contributed by atoms with E-state index in [-0.39, 0.29) is 21.5 Å². The standard InChI is InChI=1S/C20H16N4O5S/c1-29-20(26)15-9-11(10-16-12(15)5-7-22-16)24-19(25)18-14-3-2-4-17(30(21,27)28)13(14)6-8-23-18/h2-10,22H,1H3,(H,24,25)(H2,21,27,28). The molecule has 10 heteroatoms. The summed E-state index contributed by atoms with van der Waals surface area (Å²) in [4.78, 5) is 32.0. The fourth-order valence-corrected chi connectivity index (χ4v) is 4.07. The molecule has 0 unspecified atom stereocenters. The fourth-order valence-electron chi connectivity index (χ4n) is 3.32. The number of aromatic amines is 1. The van der Waals surface area contributed by atoms with E-state index in [1.54, 1.807) is 24.4 Å². The van der Waals surface area contributed by atoms with Crippen molar-refractivity contribution in [3.63, 3.8) is 0 Å². The first-order valence-electron chi connectivity index (χ1n) is 8.71.